The maximum atomic E-state index is 9.91. The minimum Gasteiger partial charge on any atom is -0.261 e. The molecule has 2 unspecified atom stereocenters. The van der Waals surface area contributed by atoms with Gasteiger partial charge in [-0.3, -0.25) is 9.13 Å². The average molecular weight is 208 g/mol. The summed E-state index contributed by atoms with van der Waals surface area (Å²) in [7, 11) is -6.37. The molecule has 0 fully saturated rings. The Morgan fingerprint density at radius 2 is 1.27 bits per heavy atom. The van der Waals surface area contributed by atoms with E-state index in [1.807, 2.05) is 13.8 Å². The Balaban J connectivity index is 0. The zero-order valence-corrected chi connectivity index (χ0v) is 7.94. The van der Waals surface area contributed by atoms with Gasteiger partial charge in [-0.1, -0.05) is 13.8 Å². The average Bonchev–Trinajstić information content (AvgIpc) is 2.07. The lowest BCUT2D eigenvalue weighted by Crippen LogP contribution is -1.72. The van der Waals surface area contributed by atoms with Crippen molar-refractivity contribution in [2.45, 2.75) is 13.8 Å². The fourth-order valence-electron chi connectivity index (χ4n) is 0.105. The summed E-state index contributed by atoms with van der Waals surface area (Å²) < 4.78 is 29.7. The van der Waals surface area contributed by atoms with Crippen molar-refractivity contribution in [3.63, 3.8) is 0 Å². The van der Waals surface area contributed by atoms with E-state index in [1.54, 1.807) is 0 Å². The van der Waals surface area contributed by atoms with E-state index < -0.39 is 16.5 Å². The van der Waals surface area contributed by atoms with Crippen molar-refractivity contribution in [3.05, 3.63) is 0 Å². The Labute approximate surface area is 64.7 Å². The molecule has 0 aromatic heterocycles. The lowest BCUT2D eigenvalue weighted by atomic mass is 11.0. The zero-order valence-electron chi connectivity index (χ0n) is 5.94. The molecular formula is C2H10O7P2. The Kier molecular flexibility index (Phi) is 12.9. The van der Waals surface area contributed by atoms with Crippen LogP contribution in [0.5, 0.6) is 0 Å². The van der Waals surface area contributed by atoms with Gasteiger partial charge >= 0.3 is 16.5 Å². The molecule has 0 rings (SSSR count). The molecule has 0 aliphatic heterocycles. The largest absolute Gasteiger partial charge is 0.353 e. The van der Waals surface area contributed by atoms with E-state index in [1.165, 1.54) is 0 Å². The highest BCUT2D eigenvalue weighted by Crippen LogP contribution is 2.37. The van der Waals surface area contributed by atoms with Gasteiger partial charge in [-0.2, -0.15) is 9.35 Å². The first-order chi connectivity index (χ1) is 5.20. The Morgan fingerprint density at radius 1 is 1.00 bits per heavy atom. The van der Waals surface area contributed by atoms with Crippen molar-refractivity contribution in [3.8, 4) is 0 Å². The Bertz CT molecular complexity index is 110. The number of hydrogen-bond donors (Lipinski definition) is 2. The summed E-state index contributed by atoms with van der Waals surface area (Å²) in [6.45, 7) is 4.00. The van der Waals surface area contributed by atoms with Crippen LogP contribution in [-0.2, 0) is 22.8 Å². The van der Waals surface area contributed by atoms with Crippen LogP contribution in [0.2, 0.25) is 0 Å². The van der Waals surface area contributed by atoms with Crippen LogP contribution in [0.1, 0.15) is 13.8 Å². The van der Waals surface area contributed by atoms with Crippen LogP contribution in [0.3, 0.4) is 0 Å². The molecule has 2 N–H and O–H groups in total. The van der Waals surface area contributed by atoms with Gasteiger partial charge in [-0.05, 0) is 0 Å². The van der Waals surface area contributed by atoms with E-state index in [9.17, 15) is 9.13 Å². The van der Waals surface area contributed by atoms with E-state index in [4.69, 9.17) is 10.5 Å². The molecule has 0 aliphatic rings. The van der Waals surface area contributed by atoms with Gasteiger partial charge in [0.05, 0.1) is 0 Å². The van der Waals surface area contributed by atoms with E-state index in [0.29, 0.717) is 0 Å². The van der Waals surface area contributed by atoms with Gasteiger partial charge in [0, 0.05) is 0 Å². The van der Waals surface area contributed by atoms with Crippen LogP contribution >= 0.6 is 16.5 Å². The highest BCUT2D eigenvalue weighted by Gasteiger charge is 2.03. The van der Waals surface area contributed by atoms with Gasteiger partial charge in [-0.25, -0.2) is 14.8 Å². The molecule has 0 heterocycles. The molecule has 0 saturated heterocycles. The third kappa shape index (κ3) is 10.3. The molecule has 0 aromatic rings. The molecule has 0 saturated carbocycles. The topological polar surface area (TPSA) is 102 Å². The minimum atomic E-state index is -3.19. The van der Waals surface area contributed by atoms with Crippen LogP contribution in [0.4, 0.5) is 0 Å². The van der Waals surface area contributed by atoms with Crippen LogP contribution in [0.25, 0.3) is 0 Å². The van der Waals surface area contributed by atoms with Gasteiger partial charge in [0.2, 0.25) is 0 Å². The SMILES string of the molecule is CC.O=[PH](OO)O[PH](=O)OO. The van der Waals surface area contributed by atoms with E-state index in [0.717, 1.165) is 0 Å². The van der Waals surface area contributed by atoms with Gasteiger partial charge in [-0.15, -0.1) is 0 Å². The van der Waals surface area contributed by atoms with E-state index in [2.05, 4.69) is 13.7 Å². The first-order valence-electron chi connectivity index (χ1n) is 2.59. The molecule has 0 aliphatic carbocycles. The minimum absolute atomic E-state index is 2.00. The highest BCUT2D eigenvalue weighted by molar-refractivity contribution is 7.47. The smallest absolute Gasteiger partial charge is 0.261 e. The maximum absolute atomic E-state index is 9.91. The summed E-state index contributed by atoms with van der Waals surface area (Å²) in [5, 5.41) is 15.1. The Morgan fingerprint density at radius 3 is 1.45 bits per heavy atom. The van der Waals surface area contributed by atoms with Crippen molar-refractivity contribution in [1.29, 1.82) is 0 Å². The first kappa shape index (κ1) is 13.8. The van der Waals surface area contributed by atoms with Gasteiger partial charge < -0.3 is 0 Å². The predicted molar refractivity (Wildman–Crippen MR) is 37.9 cm³/mol. The molecule has 0 bridgehead atoms. The van der Waals surface area contributed by atoms with Crippen LogP contribution in [0.15, 0.2) is 0 Å². The van der Waals surface area contributed by atoms with E-state index >= 15 is 0 Å². The third-order valence-electron chi connectivity index (χ3n) is 0.316. The normalized spacial score (nSPS) is 14.5. The second-order valence-corrected chi connectivity index (χ2v) is 2.97. The van der Waals surface area contributed by atoms with Crippen molar-refractivity contribution >= 4 is 16.5 Å². The van der Waals surface area contributed by atoms with Gasteiger partial charge in [0.15, 0.2) is 0 Å². The van der Waals surface area contributed by atoms with Crippen molar-refractivity contribution in [2.24, 2.45) is 0 Å². The molecule has 7 nitrogen and oxygen atoms in total. The third-order valence-corrected chi connectivity index (χ3v) is 1.95. The van der Waals surface area contributed by atoms with Gasteiger partial charge in [0.25, 0.3) is 0 Å². The van der Waals surface area contributed by atoms with Crippen LogP contribution < -0.4 is 0 Å². The summed E-state index contributed by atoms with van der Waals surface area (Å²) in [6, 6.07) is 0. The highest BCUT2D eigenvalue weighted by atomic mass is 31.2. The molecule has 0 aromatic carbocycles. The summed E-state index contributed by atoms with van der Waals surface area (Å²) in [4.78, 5) is 0. The molecule has 70 valence electrons. The zero-order chi connectivity index (χ0) is 9.28. The molecule has 0 spiro atoms. The lowest BCUT2D eigenvalue weighted by Gasteiger charge is -1.94. The molecule has 0 amide bonds. The van der Waals surface area contributed by atoms with Crippen LogP contribution in [-0.4, -0.2) is 10.5 Å². The molecular weight excluding hydrogens is 198 g/mol. The molecule has 9 heteroatoms. The first-order valence-corrected chi connectivity index (χ1v) is 5.04. The summed E-state index contributed by atoms with van der Waals surface area (Å²) in [6.07, 6.45) is 0. The number of hydrogen-bond acceptors (Lipinski definition) is 7. The maximum Gasteiger partial charge on any atom is 0.353 e. The van der Waals surface area contributed by atoms with Crippen molar-refractivity contribution in [2.75, 3.05) is 0 Å². The quantitative estimate of drug-likeness (QED) is 0.412. The standard InChI is InChI=1S/C2H6.H4O7P2/c1-2;1-5-8(3)7-9(4)6-2/h1-2H3;1-2,8-9H. The fraction of sp³-hybridized carbons (Fsp3) is 1.00. The molecule has 2 atom stereocenters. The van der Waals surface area contributed by atoms with Crippen LogP contribution in [0, 0.1) is 0 Å². The summed E-state index contributed by atoms with van der Waals surface area (Å²) >= 11 is 0. The monoisotopic (exact) mass is 208 g/mol. The second kappa shape index (κ2) is 10.3. The predicted octanol–water partition coefficient (Wildman–Crippen LogP) is 1.79. The molecule has 11 heavy (non-hydrogen) atoms. The summed E-state index contributed by atoms with van der Waals surface area (Å²) in [5.74, 6) is 0. The Hall–Kier alpha value is 0.260. The lowest BCUT2D eigenvalue weighted by molar-refractivity contribution is -0.149. The fourth-order valence-corrected chi connectivity index (χ4v) is 0.948. The molecule has 0 radical (unpaired) electrons. The van der Waals surface area contributed by atoms with Crippen molar-refractivity contribution < 1.29 is 33.3 Å². The van der Waals surface area contributed by atoms with Crippen molar-refractivity contribution in [1.82, 2.24) is 0 Å². The second-order valence-electron chi connectivity index (χ2n) is 0.785. The number of rotatable bonds is 4. The summed E-state index contributed by atoms with van der Waals surface area (Å²) in [5.41, 5.74) is 0. The van der Waals surface area contributed by atoms with Gasteiger partial charge in [0.1, 0.15) is 0 Å². The van der Waals surface area contributed by atoms with E-state index in [-0.39, 0.29) is 0 Å².